The highest BCUT2D eigenvalue weighted by molar-refractivity contribution is 7.99. The number of amides is 1. The molecule has 1 amide bonds. The van der Waals surface area contributed by atoms with Gasteiger partial charge < -0.3 is 10.2 Å². The lowest BCUT2D eigenvalue weighted by Gasteiger charge is -2.34. The predicted molar refractivity (Wildman–Crippen MR) is 96.4 cm³/mol. The number of carbonyl (C=O) groups excluding carboxylic acids is 1. The molecule has 4 nitrogen and oxygen atoms in total. The Morgan fingerprint density at radius 1 is 1.35 bits per heavy atom. The molecule has 2 aliphatic rings. The van der Waals surface area contributed by atoms with Crippen molar-refractivity contribution in [3.8, 4) is 0 Å². The number of benzene rings is 1. The summed E-state index contributed by atoms with van der Waals surface area (Å²) in [6.07, 6.45) is 2.20. The third kappa shape index (κ3) is 3.02. The normalized spacial score (nSPS) is 21.4. The number of fused-ring (bicyclic) bond motifs is 1. The summed E-state index contributed by atoms with van der Waals surface area (Å²) in [5.41, 5.74) is 1.65. The monoisotopic (exact) mass is 327 g/mol. The highest BCUT2D eigenvalue weighted by Gasteiger charge is 2.26. The molecule has 1 saturated carbocycles. The summed E-state index contributed by atoms with van der Waals surface area (Å²) in [7, 11) is 0. The number of nitrogens with zero attached hydrogens (tertiary/aromatic N) is 2. The molecule has 2 fully saturated rings. The minimum atomic E-state index is 0.0337. The molecule has 0 bridgehead atoms. The molecule has 5 heteroatoms. The van der Waals surface area contributed by atoms with Crippen molar-refractivity contribution in [1.29, 1.82) is 0 Å². The molecule has 1 N–H and O–H groups in total. The van der Waals surface area contributed by atoms with Crippen LogP contribution in [0, 0.1) is 0 Å². The molecule has 1 aliphatic heterocycles. The Morgan fingerprint density at radius 2 is 2.17 bits per heavy atom. The first-order chi connectivity index (χ1) is 11.2. The van der Waals surface area contributed by atoms with E-state index in [2.05, 4.69) is 17.1 Å². The number of rotatable bonds is 3. The summed E-state index contributed by atoms with van der Waals surface area (Å²) in [4.78, 5) is 19.8. The second-order valence-electron chi connectivity index (χ2n) is 6.41. The third-order valence-electron chi connectivity index (χ3n) is 4.52. The lowest BCUT2D eigenvalue weighted by atomic mass is 10.1. The maximum absolute atomic E-state index is 12.7. The maximum Gasteiger partial charge on any atom is 0.252 e. The topological polar surface area (TPSA) is 45.2 Å². The van der Waals surface area contributed by atoms with Crippen LogP contribution in [-0.4, -0.2) is 41.0 Å². The van der Waals surface area contributed by atoms with Crippen LogP contribution in [0.4, 0.5) is 5.82 Å². The lowest BCUT2D eigenvalue weighted by Crippen LogP contribution is -2.41. The summed E-state index contributed by atoms with van der Waals surface area (Å²) in [6, 6.07) is 10.7. The van der Waals surface area contributed by atoms with Crippen LogP contribution in [0.25, 0.3) is 10.9 Å². The molecular formula is C18H21N3OS. The fourth-order valence-electron chi connectivity index (χ4n) is 3.05. The average Bonchev–Trinajstić information content (AvgIpc) is 3.38. The summed E-state index contributed by atoms with van der Waals surface area (Å²) in [6.45, 7) is 3.22. The van der Waals surface area contributed by atoms with Gasteiger partial charge in [0.25, 0.3) is 5.91 Å². The Kier molecular flexibility index (Phi) is 3.89. The van der Waals surface area contributed by atoms with E-state index in [1.54, 1.807) is 0 Å². The number of hydrogen-bond acceptors (Lipinski definition) is 4. The fourth-order valence-corrected chi connectivity index (χ4v) is 4.07. The van der Waals surface area contributed by atoms with E-state index in [0.717, 1.165) is 53.2 Å². The van der Waals surface area contributed by atoms with E-state index >= 15 is 0 Å². The van der Waals surface area contributed by atoms with Crippen molar-refractivity contribution in [2.75, 3.05) is 23.0 Å². The van der Waals surface area contributed by atoms with Gasteiger partial charge in [0.1, 0.15) is 5.82 Å². The third-order valence-corrected chi connectivity index (χ3v) is 5.71. The first-order valence-electron chi connectivity index (χ1n) is 8.27. The molecule has 0 spiro atoms. The average molecular weight is 327 g/mol. The Morgan fingerprint density at radius 3 is 2.96 bits per heavy atom. The molecule has 1 aliphatic carbocycles. The Hall–Kier alpha value is -1.75. The van der Waals surface area contributed by atoms with Crippen LogP contribution >= 0.6 is 11.8 Å². The van der Waals surface area contributed by atoms with Gasteiger partial charge in [-0.3, -0.25) is 4.79 Å². The molecule has 4 rings (SSSR count). The van der Waals surface area contributed by atoms with Crippen molar-refractivity contribution < 1.29 is 4.79 Å². The summed E-state index contributed by atoms with van der Waals surface area (Å²) in [5, 5.41) is 4.05. The molecule has 0 radical (unpaired) electrons. The number of carbonyl (C=O) groups is 1. The number of thioether (sulfide) groups is 1. The zero-order valence-electron chi connectivity index (χ0n) is 13.3. The highest BCUT2D eigenvalue weighted by Crippen LogP contribution is 2.28. The first-order valence-corrected chi connectivity index (χ1v) is 9.43. The molecule has 2 heterocycles. The fraction of sp³-hybridized carbons (Fsp3) is 0.444. The summed E-state index contributed by atoms with van der Waals surface area (Å²) < 4.78 is 0. The quantitative estimate of drug-likeness (QED) is 0.941. The van der Waals surface area contributed by atoms with Gasteiger partial charge in [-0.2, -0.15) is 11.8 Å². The van der Waals surface area contributed by atoms with Gasteiger partial charge in [0.2, 0.25) is 0 Å². The number of pyridine rings is 1. The van der Waals surface area contributed by atoms with Gasteiger partial charge in [0.15, 0.2) is 0 Å². The smallest absolute Gasteiger partial charge is 0.252 e. The minimum Gasteiger partial charge on any atom is -0.352 e. The van der Waals surface area contributed by atoms with Gasteiger partial charge in [-0.15, -0.1) is 0 Å². The van der Waals surface area contributed by atoms with Crippen molar-refractivity contribution >= 4 is 34.4 Å². The van der Waals surface area contributed by atoms with Crippen LogP contribution in [0.2, 0.25) is 0 Å². The van der Waals surface area contributed by atoms with Crippen LogP contribution in [0.15, 0.2) is 30.3 Å². The summed E-state index contributed by atoms with van der Waals surface area (Å²) in [5.74, 6) is 3.18. The molecule has 2 aromatic rings. The second kappa shape index (κ2) is 6.04. The van der Waals surface area contributed by atoms with Crippen molar-refractivity contribution in [2.45, 2.75) is 31.8 Å². The molecule has 23 heavy (non-hydrogen) atoms. The van der Waals surface area contributed by atoms with Gasteiger partial charge in [-0.25, -0.2) is 4.98 Å². The molecular weight excluding hydrogens is 306 g/mol. The number of anilines is 1. The van der Waals surface area contributed by atoms with Crippen LogP contribution in [0.5, 0.6) is 0 Å². The van der Waals surface area contributed by atoms with E-state index in [1.165, 1.54) is 0 Å². The molecule has 1 aromatic heterocycles. The number of para-hydroxylation sites is 1. The van der Waals surface area contributed by atoms with Crippen LogP contribution in [-0.2, 0) is 0 Å². The molecule has 1 atom stereocenters. The van der Waals surface area contributed by atoms with Gasteiger partial charge in [-0.1, -0.05) is 18.2 Å². The van der Waals surface area contributed by atoms with E-state index in [4.69, 9.17) is 4.98 Å². The second-order valence-corrected chi connectivity index (χ2v) is 7.56. The van der Waals surface area contributed by atoms with Crippen LogP contribution in [0.3, 0.4) is 0 Å². The molecule has 120 valence electrons. The zero-order chi connectivity index (χ0) is 15.8. The van der Waals surface area contributed by atoms with Gasteiger partial charge in [0.05, 0.1) is 11.1 Å². The number of nitrogens with one attached hydrogen (secondary N) is 1. The van der Waals surface area contributed by atoms with Crippen molar-refractivity contribution in [3.63, 3.8) is 0 Å². The van der Waals surface area contributed by atoms with Crippen LogP contribution < -0.4 is 10.2 Å². The Balaban J connectivity index is 1.77. The molecule has 1 aromatic carbocycles. The Bertz CT molecular complexity index is 744. The largest absolute Gasteiger partial charge is 0.352 e. The van der Waals surface area contributed by atoms with Crippen molar-refractivity contribution in [2.24, 2.45) is 0 Å². The van der Waals surface area contributed by atoms with Gasteiger partial charge >= 0.3 is 0 Å². The minimum absolute atomic E-state index is 0.0337. The Labute approximate surface area is 140 Å². The van der Waals surface area contributed by atoms with Crippen molar-refractivity contribution in [1.82, 2.24) is 10.3 Å². The van der Waals surface area contributed by atoms with Crippen molar-refractivity contribution in [3.05, 3.63) is 35.9 Å². The SMILES string of the molecule is CC1CSCCN1c1cc(C(=O)NC2CC2)c2ccccc2n1. The standard InChI is InChI=1S/C18H21N3OS/c1-12-11-23-9-8-21(12)17-10-15(18(22)19-13-6-7-13)14-4-2-3-5-16(14)20-17/h2-5,10,12-13H,6-9,11H2,1H3,(H,19,22). The van der Waals surface area contributed by atoms with E-state index < -0.39 is 0 Å². The number of hydrogen-bond donors (Lipinski definition) is 1. The maximum atomic E-state index is 12.7. The van der Waals surface area contributed by atoms with E-state index in [9.17, 15) is 4.79 Å². The summed E-state index contributed by atoms with van der Waals surface area (Å²) >= 11 is 1.98. The highest BCUT2D eigenvalue weighted by atomic mass is 32.2. The van der Waals surface area contributed by atoms with Gasteiger partial charge in [-0.05, 0) is 31.9 Å². The van der Waals surface area contributed by atoms with E-state index in [0.29, 0.717) is 12.1 Å². The van der Waals surface area contributed by atoms with Gasteiger partial charge in [0, 0.05) is 35.5 Å². The zero-order valence-corrected chi connectivity index (χ0v) is 14.1. The van der Waals surface area contributed by atoms with E-state index in [-0.39, 0.29) is 5.91 Å². The predicted octanol–water partition coefficient (Wildman–Crippen LogP) is 3.07. The first kappa shape index (κ1) is 14.8. The number of aromatic nitrogens is 1. The van der Waals surface area contributed by atoms with E-state index in [1.807, 2.05) is 42.1 Å². The molecule has 1 saturated heterocycles. The van der Waals surface area contributed by atoms with Crippen LogP contribution in [0.1, 0.15) is 30.1 Å². The lowest BCUT2D eigenvalue weighted by molar-refractivity contribution is 0.0952. The molecule has 1 unspecified atom stereocenters.